The van der Waals surface area contributed by atoms with Crippen LogP contribution in [0.25, 0.3) is 0 Å². The van der Waals surface area contributed by atoms with Gasteiger partial charge in [0.15, 0.2) is 0 Å². The molecule has 9 nitrogen and oxygen atoms in total. The standard InChI is InChI=1S/C22H30N4O5S2/c1-14(2)12-26(13-15(3)4)33(30,31)18-8-6-17(7-9-18)20(28)23-22-19(10-11-32-22)21(29)25-24-16(5)27/h6-11,14-15H,12-13H2,1-5H3,(H,23,28)(H,24,27)(H,25,29). The highest BCUT2D eigenvalue weighted by molar-refractivity contribution is 7.89. The molecule has 2 rings (SSSR count). The number of hydrazine groups is 1. The molecule has 0 saturated heterocycles. The number of benzene rings is 1. The molecule has 1 aromatic heterocycles. The van der Waals surface area contributed by atoms with Gasteiger partial charge in [-0.05, 0) is 47.5 Å². The van der Waals surface area contributed by atoms with E-state index in [1.54, 1.807) is 5.38 Å². The van der Waals surface area contributed by atoms with E-state index < -0.39 is 27.7 Å². The van der Waals surface area contributed by atoms with E-state index in [2.05, 4.69) is 16.2 Å². The Balaban J connectivity index is 2.17. The summed E-state index contributed by atoms with van der Waals surface area (Å²) in [6.07, 6.45) is 0. The minimum atomic E-state index is -3.70. The van der Waals surface area contributed by atoms with Crippen LogP contribution in [-0.2, 0) is 14.8 Å². The fourth-order valence-electron chi connectivity index (χ4n) is 2.98. The monoisotopic (exact) mass is 494 g/mol. The van der Waals surface area contributed by atoms with E-state index in [1.165, 1.54) is 41.6 Å². The molecule has 0 atom stereocenters. The van der Waals surface area contributed by atoms with Crippen LogP contribution in [0.4, 0.5) is 5.00 Å². The third-order valence-corrected chi connectivity index (χ3v) is 7.06. The summed E-state index contributed by atoms with van der Waals surface area (Å²) in [5.41, 5.74) is 4.87. The molecule has 0 aliphatic carbocycles. The van der Waals surface area contributed by atoms with Gasteiger partial charge in [0.1, 0.15) is 5.00 Å². The number of sulfonamides is 1. The van der Waals surface area contributed by atoms with Crippen molar-refractivity contribution in [2.75, 3.05) is 18.4 Å². The van der Waals surface area contributed by atoms with Crippen molar-refractivity contribution in [3.05, 3.63) is 46.8 Å². The van der Waals surface area contributed by atoms with E-state index in [4.69, 9.17) is 0 Å². The van der Waals surface area contributed by atoms with E-state index in [-0.39, 0.29) is 27.9 Å². The Morgan fingerprint density at radius 2 is 1.48 bits per heavy atom. The Hall–Kier alpha value is -2.76. The van der Waals surface area contributed by atoms with E-state index in [1.807, 2.05) is 27.7 Å². The van der Waals surface area contributed by atoms with Gasteiger partial charge in [0.05, 0.1) is 10.5 Å². The van der Waals surface area contributed by atoms with Gasteiger partial charge in [-0.1, -0.05) is 27.7 Å². The number of nitrogens with zero attached hydrogens (tertiary/aromatic N) is 1. The summed E-state index contributed by atoms with van der Waals surface area (Å²) in [5, 5.41) is 4.59. The van der Waals surface area contributed by atoms with Gasteiger partial charge in [-0.2, -0.15) is 4.31 Å². The topological polar surface area (TPSA) is 125 Å². The van der Waals surface area contributed by atoms with Crippen LogP contribution in [0.5, 0.6) is 0 Å². The molecule has 0 saturated carbocycles. The third-order valence-electron chi connectivity index (χ3n) is 4.38. The van der Waals surface area contributed by atoms with E-state index in [0.29, 0.717) is 18.1 Å². The normalized spacial score (nSPS) is 11.6. The molecule has 1 aromatic carbocycles. The van der Waals surface area contributed by atoms with Crippen LogP contribution in [0.3, 0.4) is 0 Å². The number of carbonyl (C=O) groups excluding carboxylic acids is 3. The van der Waals surface area contributed by atoms with Crippen molar-refractivity contribution in [2.45, 2.75) is 39.5 Å². The quantitative estimate of drug-likeness (QED) is 0.462. The van der Waals surface area contributed by atoms with E-state index in [0.717, 1.165) is 11.3 Å². The van der Waals surface area contributed by atoms with Gasteiger partial charge in [-0.25, -0.2) is 8.42 Å². The summed E-state index contributed by atoms with van der Waals surface area (Å²) < 4.78 is 27.7. The van der Waals surface area contributed by atoms with Crippen molar-refractivity contribution >= 4 is 44.1 Å². The lowest BCUT2D eigenvalue weighted by molar-refractivity contribution is -0.119. The van der Waals surface area contributed by atoms with E-state index >= 15 is 0 Å². The SMILES string of the molecule is CC(=O)NNC(=O)c1ccsc1NC(=O)c1ccc(S(=O)(=O)N(CC(C)C)CC(C)C)cc1. The fourth-order valence-corrected chi connectivity index (χ4v) is 5.53. The van der Waals surface area contributed by atoms with Crippen LogP contribution in [0, 0.1) is 11.8 Å². The summed E-state index contributed by atoms with van der Waals surface area (Å²) in [6, 6.07) is 7.23. The lowest BCUT2D eigenvalue weighted by atomic mass is 10.2. The first-order valence-corrected chi connectivity index (χ1v) is 12.8. The second-order valence-electron chi connectivity index (χ2n) is 8.39. The molecule has 3 N–H and O–H groups in total. The zero-order valence-electron chi connectivity index (χ0n) is 19.3. The summed E-state index contributed by atoms with van der Waals surface area (Å²) >= 11 is 1.15. The molecular formula is C22H30N4O5S2. The third kappa shape index (κ3) is 7.37. The Bertz CT molecular complexity index is 1080. The van der Waals surface area contributed by atoms with Gasteiger partial charge in [-0.15, -0.1) is 11.3 Å². The van der Waals surface area contributed by atoms with Gasteiger partial charge in [0, 0.05) is 25.6 Å². The van der Waals surface area contributed by atoms with Crippen molar-refractivity contribution in [3.8, 4) is 0 Å². The molecule has 1 heterocycles. The number of rotatable bonds is 9. The van der Waals surface area contributed by atoms with Crippen LogP contribution < -0.4 is 16.2 Å². The smallest absolute Gasteiger partial charge is 0.272 e. The highest BCUT2D eigenvalue weighted by Crippen LogP contribution is 2.24. The Morgan fingerprint density at radius 3 is 2.00 bits per heavy atom. The summed E-state index contributed by atoms with van der Waals surface area (Å²) in [5.74, 6) is -1.15. The van der Waals surface area contributed by atoms with Crippen molar-refractivity contribution in [3.63, 3.8) is 0 Å². The first kappa shape index (κ1) is 26.5. The van der Waals surface area contributed by atoms with Crippen molar-refractivity contribution in [2.24, 2.45) is 11.8 Å². The molecule has 3 amide bonds. The Labute approximate surface area is 198 Å². The number of amides is 3. The lowest BCUT2D eigenvalue weighted by Gasteiger charge is -2.25. The average Bonchev–Trinajstić information content (AvgIpc) is 3.19. The molecule has 180 valence electrons. The minimum Gasteiger partial charge on any atom is -0.313 e. The highest BCUT2D eigenvalue weighted by atomic mass is 32.2. The Morgan fingerprint density at radius 1 is 0.909 bits per heavy atom. The summed E-state index contributed by atoms with van der Waals surface area (Å²) in [6.45, 7) is 9.93. The summed E-state index contributed by atoms with van der Waals surface area (Å²) in [7, 11) is -3.70. The lowest BCUT2D eigenvalue weighted by Crippen LogP contribution is -2.40. The molecule has 0 unspecified atom stereocenters. The van der Waals surface area contributed by atoms with Crippen LogP contribution in [0.2, 0.25) is 0 Å². The molecule has 11 heteroatoms. The van der Waals surface area contributed by atoms with Crippen LogP contribution in [0.1, 0.15) is 55.3 Å². The van der Waals surface area contributed by atoms with Crippen molar-refractivity contribution in [1.82, 2.24) is 15.2 Å². The van der Waals surface area contributed by atoms with Gasteiger partial charge >= 0.3 is 0 Å². The fraction of sp³-hybridized carbons (Fsp3) is 0.409. The van der Waals surface area contributed by atoms with Crippen LogP contribution >= 0.6 is 11.3 Å². The minimum absolute atomic E-state index is 0.117. The van der Waals surface area contributed by atoms with Gasteiger partial charge in [-0.3, -0.25) is 25.2 Å². The molecule has 0 aliphatic heterocycles. The van der Waals surface area contributed by atoms with Gasteiger partial charge in [0.2, 0.25) is 15.9 Å². The molecule has 0 fully saturated rings. The molecule has 0 bridgehead atoms. The van der Waals surface area contributed by atoms with Gasteiger partial charge < -0.3 is 5.32 Å². The first-order chi connectivity index (χ1) is 15.4. The second-order valence-corrected chi connectivity index (χ2v) is 11.2. The maximum absolute atomic E-state index is 13.1. The first-order valence-electron chi connectivity index (χ1n) is 10.5. The maximum atomic E-state index is 13.1. The Kier molecular flexibility index (Phi) is 9.15. The molecule has 2 aromatic rings. The molecule has 0 radical (unpaired) electrons. The predicted molar refractivity (Wildman–Crippen MR) is 128 cm³/mol. The second kappa shape index (κ2) is 11.4. The van der Waals surface area contributed by atoms with Crippen molar-refractivity contribution < 1.29 is 22.8 Å². The van der Waals surface area contributed by atoms with Crippen LogP contribution in [-0.4, -0.2) is 43.5 Å². The largest absolute Gasteiger partial charge is 0.313 e. The average molecular weight is 495 g/mol. The van der Waals surface area contributed by atoms with Crippen molar-refractivity contribution in [1.29, 1.82) is 0 Å². The predicted octanol–water partition coefficient (Wildman–Crippen LogP) is 3.08. The zero-order chi connectivity index (χ0) is 24.8. The molecule has 0 aliphatic rings. The molecule has 33 heavy (non-hydrogen) atoms. The number of hydrogen-bond acceptors (Lipinski definition) is 6. The number of carbonyl (C=O) groups is 3. The summed E-state index contributed by atoms with van der Waals surface area (Å²) in [4.78, 5) is 35.9. The molecular weight excluding hydrogens is 464 g/mol. The zero-order valence-corrected chi connectivity index (χ0v) is 21.0. The number of hydrogen-bond donors (Lipinski definition) is 3. The number of anilines is 1. The maximum Gasteiger partial charge on any atom is 0.272 e. The molecule has 0 spiro atoms. The van der Waals surface area contributed by atoms with Crippen LogP contribution in [0.15, 0.2) is 40.6 Å². The number of nitrogens with one attached hydrogen (secondary N) is 3. The highest BCUT2D eigenvalue weighted by Gasteiger charge is 2.26. The van der Waals surface area contributed by atoms with Gasteiger partial charge in [0.25, 0.3) is 11.8 Å². The number of thiophene rings is 1. The van der Waals surface area contributed by atoms with E-state index in [9.17, 15) is 22.8 Å².